The molecule has 0 spiro atoms. The fourth-order valence-corrected chi connectivity index (χ4v) is 1.90. The van der Waals surface area contributed by atoms with E-state index in [1.54, 1.807) is 0 Å². The molecule has 0 heterocycles. The second kappa shape index (κ2) is 4.33. The summed E-state index contributed by atoms with van der Waals surface area (Å²) in [5.41, 5.74) is 7.38. The van der Waals surface area contributed by atoms with Crippen LogP contribution in [0.15, 0.2) is 23.1 Å². The molecule has 0 bridgehead atoms. The molecule has 0 fully saturated rings. The molecule has 0 atom stereocenters. The van der Waals surface area contributed by atoms with E-state index < -0.39 is 0 Å². The van der Waals surface area contributed by atoms with E-state index in [4.69, 9.17) is 11.1 Å². The molecule has 2 nitrogen and oxygen atoms in total. The second-order valence-electron chi connectivity index (χ2n) is 2.83. The highest BCUT2D eigenvalue weighted by molar-refractivity contribution is 7.99. The third-order valence-corrected chi connectivity index (χ3v) is 2.84. The lowest BCUT2D eigenvalue weighted by molar-refractivity contribution is 1.28. The molecular formula is C10H14N2S. The molecule has 0 radical (unpaired) electrons. The quantitative estimate of drug-likeness (QED) is 0.441. The van der Waals surface area contributed by atoms with Gasteiger partial charge in [0.15, 0.2) is 0 Å². The van der Waals surface area contributed by atoms with Gasteiger partial charge in [-0.05, 0) is 30.4 Å². The van der Waals surface area contributed by atoms with Crippen LogP contribution in [0, 0.1) is 12.3 Å². The van der Waals surface area contributed by atoms with Gasteiger partial charge < -0.3 is 5.73 Å². The summed E-state index contributed by atoms with van der Waals surface area (Å²) in [4.78, 5) is 1.27. The van der Waals surface area contributed by atoms with Gasteiger partial charge in [0.05, 0.1) is 0 Å². The van der Waals surface area contributed by atoms with Crippen molar-refractivity contribution in [1.82, 2.24) is 0 Å². The van der Waals surface area contributed by atoms with Crippen LogP contribution in [0.1, 0.15) is 18.1 Å². The number of thioether (sulfide) groups is 1. The fourth-order valence-electron chi connectivity index (χ4n) is 1.13. The Morgan fingerprint density at radius 2 is 2.23 bits per heavy atom. The van der Waals surface area contributed by atoms with Crippen molar-refractivity contribution in [3.63, 3.8) is 0 Å². The Labute approximate surface area is 83.0 Å². The Hall–Kier alpha value is -0.960. The van der Waals surface area contributed by atoms with Crippen LogP contribution < -0.4 is 5.73 Å². The molecule has 0 amide bonds. The van der Waals surface area contributed by atoms with Gasteiger partial charge in [-0.15, -0.1) is 11.8 Å². The average molecular weight is 194 g/mol. The van der Waals surface area contributed by atoms with Crippen LogP contribution in [0.2, 0.25) is 0 Å². The molecule has 13 heavy (non-hydrogen) atoms. The summed E-state index contributed by atoms with van der Waals surface area (Å²) >= 11 is 1.81. The van der Waals surface area contributed by atoms with Gasteiger partial charge in [-0.2, -0.15) is 0 Å². The van der Waals surface area contributed by atoms with Crippen LogP contribution in [0.4, 0.5) is 0 Å². The molecule has 70 valence electrons. The van der Waals surface area contributed by atoms with Gasteiger partial charge in [-0.1, -0.05) is 13.0 Å². The van der Waals surface area contributed by atoms with Crippen molar-refractivity contribution in [2.24, 2.45) is 5.73 Å². The number of amidine groups is 1. The predicted octanol–water partition coefficient (Wildman–Crippen LogP) is 2.39. The fraction of sp³-hybridized carbons (Fsp3) is 0.300. The van der Waals surface area contributed by atoms with Crippen LogP contribution in [0.25, 0.3) is 0 Å². The minimum absolute atomic E-state index is 0.135. The highest BCUT2D eigenvalue weighted by Crippen LogP contribution is 2.22. The monoisotopic (exact) mass is 194 g/mol. The molecule has 0 aliphatic rings. The summed E-state index contributed by atoms with van der Waals surface area (Å²) < 4.78 is 0. The molecule has 3 heteroatoms. The molecule has 1 aromatic rings. The Bertz CT molecular complexity index is 321. The topological polar surface area (TPSA) is 49.9 Å². The van der Waals surface area contributed by atoms with E-state index in [0.29, 0.717) is 0 Å². The number of hydrogen-bond acceptors (Lipinski definition) is 2. The van der Waals surface area contributed by atoms with Gasteiger partial charge in [0.2, 0.25) is 0 Å². The Morgan fingerprint density at radius 1 is 1.54 bits per heavy atom. The maximum absolute atomic E-state index is 7.28. The first-order valence-electron chi connectivity index (χ1n) is 4.23. The maximum atomic E-state index is 7.28. The molecule has 3 N–H and O–H groups in total. The Balaban J connectivity index is 2.98. The van der Waals surface area contributed by atoms with Crippen LogP contribution in [0.3, 0.4) is 0 Å². The molecule has 0 aliphatic heterocycles. The van der Waals surface area contributed by atoms with E-state index in [-0.39, 0.29) is 5.84 Å². The van der Waals surface area contributed by atoms with Gasteiger partial charge in [-0.25, -0.2) is 0 Å². The van der Waals surface area contributed by atoms with E-state index in [1.807, 2.05) is 36.9 Å². The standard InChI is InChI=1S/C10H14N2S/c1-3-13-9-5-4-8(10(11)12)6-7(9)2/h4-6H,3H2,1-2H3,(H3,11,12). The van der Waals surface area contributed by atoms with Gasteiger partial charge in [-0.3, -0.25) is 5.41 Å². The summed E-state index contributed by atoms with van der Waals surface area (Å²) in [6, 6.07) is 5.88. The van der Waals surface area contributed by atoms with Crippen molar-refractivity contribution in [3.05, 3.63) is 29.3 Å². The summed E-state index contributed by atoms with van der Waals surface area (Å²) in [6.45, 7) is 4.17. The van der Waals surface area contributed by atoms with Gasteiger partial charge in [0.25, 0.3) is 0 Å². The van der Waals surface area contributed by atoms with Crippen molar-refractivity contribution in [1.29, 1.82) is 5.41 Å². The van der Waals surface area contributed by atoms with Gasteiger partial charge in [0, 0.05) is 10.5 Å². The predicted molar refractivity (Wildman–Crippen MR) is 58.6 cm³/mol. The van der Waals surface area contributed by atoms with E-state index in [1.165, 1.54) is 10.5 Å². The minimum Gasteiger partial charge on any atom is -0.384 e. The SMILES string of the molecule is CCSc1ccc(C(=N)N)cc1C. The summed E-state index contributed by atoms with van der Waals surface area (Å²) in [6.07, 6.45) is 0. The lowest BCUT2D eigenvalue weighted by Gasteiger charge is -2.05. The zero-order chi connectivity index (χ0) is 9.84. The first-order valence-corrected chi connectivity index (χ1v) is 5.21. The summed E-state index contributed by atoms with van der Waals surface area (Å²) in [5, 5.41) is 7.28. The average Bonchev–Trinajstić information content (AvgIpc) is 2.08. The van der Waals surface area contributed by atoms with Crippen LogP contribution in [-0.4, -0.2) is 11.6 Å². The molecule has 0 saturated heterocycles. The second-order valence-corrected chi connectivity index (χ2v) is 4.13. The van der Waals surface area contributed by atoms with Crippen molar-refractivity contribution >= 4 is 17.6 Å². The van der Waals surface area contributed by atoms with Gasteiger partial charge in [0.1, 0.15) is 5.84 Å². The molecule has 0 unspecified atom stereocenters. The van der Waals surface area contributed by atoms with Crippen molar-refractivity contribution in [2.45, 2.75) is 18.7 Å². The highest BCUT2D eigenvalue weighted by Gasteiger charge is 2.01. The first-order chi connectivity index (χ1) is 6.15. The zero-order valence-electron chi connectivity index (χ0n) is 7.92. The molecule has 1 aromatic carbocycles. The summed E-state index contributed by atoms with van der Waals surface area (Å²) in [5.74, 6) is 1.21. The number of rotatable bonds is 3. The molecule has 0 saturated carbocycles. The minimum atomic E-state index is 0.135. The largest absolute Gasteiger partial charge is 0.384 e. The van der Waals surface area contributed by atoms with Crippen LogP contribution in [0.5, 0.6) is 0 Å². The number of nitrogen functional groups attached to an aromatic ring is 1. The zero-order valence-corrected chi connectivity index (χ0v) is 8.74. The van der Waals surface area contributed by atoms with Crippen molar-refractivity contribution < 1.29 is 0 Å². The van der Waals surface area contributed by atoms with E-state index >= 15 is 0 Å². The normalized spacial score (nSPS) is 10.0. The number of nitrogens with one attached hydrogen (secondary N) is 1. The maximum Gasteiger partial charge on any atom is 0.122 e. The number of nitrogens with two attached hydrogens (primary N) is 1. The molecule has 0 aromatic heterocycles. The lowest BCUT2D eigenvalue weighted by Crippen LogP contribution is -2.10. The first kappa shape index (κ1) is 10.1. The number of hydrogen-bond donors (Lipinski definition) is 2. The van der Waals surface area contributed by atoms with E-state index in [2.05, 4.69) is 6.92 Å². The Kier molecular flexibility index (Phi) is 3.37. The highest BCUT2D eigenvalue weighted by atomic mass is 32.2. The van der Waals surface area contributed by atoms with Crippen LogP contribution >= 0.6 is 11.8 Å². The lowest BCUT2D eigenvalue weighted by atomic mass is 10.1. The van der Waals surface area contributed by atoms with E-state index in [0.717, 1.165) is 11.3 Å². The molecule has 0 aliphatic carbocycles. The third kappa shape index (κ3) is 2.49. The summed E-state index contributed by atoms with van der Waals surface area (Å²) in [7, 11) is 0. The number of benzene rings is 1. The van der Waals surface area contributed by atoms with E-state index in [9.17, 15) is 0 Å². The van der Waals surface area contributed by atoms with Gasteiger partial charge >= 0.3 is 0 Å². The third-order valence-electron chi connectivity index (χ3n) is 1.79. The molecule has 1 rings (SSSR count). The Morgan fingerprint density at radius 3 is 2.69 bits per heavy atom. The van der Waals surface area contributed by atoms with Crippen molar-refractivity contribution in [3.8, 4) is 0 Å². The smallest absolute Gasteiger partial charge is 0.122 e. The number of aryl methyl sites for hydroxylation is 1. The molecular weight excluding hydrogens is 180 g/mol. The van der Waals surface area contributed by atoms with Crippen molar-refractivity contribution in [2.75, 3.05) is 5.75 Å². The van der Waals surface area contributed by atoms with Crippen LogP contribution in [-0.2, 0) is 0 Å².